The first kappa shape index (κ1) is 18.1. The summed E-state index contributed by atoms with van der Waals surface area (Å²) in [6.45, 7) is 0.458. The highest BCUT2D eigenvalue weighted by Crippen LogP contribution is 2.30. The molecule has 3 aliphatic rings. The molecule has 0 aromatic carbocycles. The molecule has 0 aromatic rings. The Bertz CT molecular complexity index is 561. The Hall–Kier alpha value is -0.700. The molecule has 8 heteroatoms. The predicted octanol–water partition coefficient (Wildman–Crippen LogP) is -0.628. The summed E-state index contributed by atoms with van der Waals surface area (Å²) in [4.78, 5) is 16.6. The van der Waals surface area contributed by atoms with Crippen LogP contribution in [-0.4, -0.2) is 89.8 Å². The Morgan fingerprint density at radius 1 is 1.17 bits per heavy atom. The fourth-order valence-corrected chi connectivity index (χ4v) is 6.19. The molecule has 2 saturated heterocycles. The summed E-state index contributed by atoms with van der Waals surface area (Å²) >= 11 is 0. The number of aliphatic hydroxyl groups excluding tert-OH is 2. The van der Waals surface area contributed by atoms with E-state index in [1.807, 2.05) is 9.80 Å². The first-order valence-electron chi connectivity index (χ1n) is 8.94. The van der Waals surface area contributed by atoms with Gasteiger partial charge in [0.15, 0.2) is 9.84 Å². The van der Waals surface area contributed by atoms with Crippen LogP contribution in [0.25, 0.3) is 0 Å². The van der Waals surface area contributed by atoms with Gasteiger partial charge in [0.1, 0.15) is 0 Å². The number of amides is 1. The van der Waals surface area contributed by atoms with E-state index in [9.17, 15) is 23.4 Å². The average Bonchev–Trinajstić information content (AvgIpc) is 3.21. The second-order valence-corrected chi connectivity index (χ2v) is 9.68. The number of nitrogens with zero attached hydrogens (tertiary/aromatic N) is 2. The maximum Gasteiger partial charge on any atom is 0.237 e. The number of aliphatic hydroxyl groups is 2. The number of carbonyl (C=O) groups is 1. The Balaban J connectivity index is 1.71. The number of β-amino-alcohol motifs (C(OH)–C–C–N with tert-alkyl or cyclic N) is 1. The molecule has 2 heterocycles. The van der Waals surface area contributed by atoms with Crippen LogP contribution in [-0.2, 0) is 14.6 Å². The minimum atomic E-state index is -3.04. The number of likely N-dealkylation sites (tertiary alicyclic amines) is 1. The van der Waals surface area contributed by atoms with E-state index in [0.717, 1.165) is 25.7 Å². The van der Waals surface area contributed by atoms with E-state index in [2.05, 4.69) is 0 Å². The zero-order valence-corrected chi connectivity index (χ0v) is 14.8. The van der Waals surface area contributed by atoms with Crippen LogP contribution in [0.5, 0.6) is 0 Å². The Morgan fingerprint density at radius 3 is 2.46 bits per heavy atom. The molecule has 1 saturated carbocycles. The van der Waals surface area contributed by atoms with Crippen molar-refractivity contribution in [1.29, 1.82) is 0 Å². The molecule has 1 amide bonds. The van der Waals surface area contributed by atoms with Gasteiger partial charge in [-0.25, -0.2) is 8.42 Å². The van der Waals surface area contributed by atoms with Gasteiger partial charge in [-0.15, -0.1) is 0 Å². The van der Waals surface area contributed by atoms with Crippen molar-refractivity contribution in [2.24, 2.45) is 0 Å². The SMILES string of the molecule is O=C(CN1C[C@H](O)C[C@H]1CO)N(C1CCCC1)[C@@H]1CCS(=O)(=O)C1. The van der Waals surface area contributed by atoms with Crippen LogP contribution in [0.3, 0.4) is 0 Å². The highest BCUT2D eigenvalue weighted by atomic mass is 32.2. The minimum Gasteiger partial charge on any atom is -0.395 e. The Labute approximate surface area is 143 Å². The van der Waals surface area contributed by atoms with E-state index in [1.54, 1.807) is 0 Å². The molecule has 0 spiro atoms. The van der Waals surface area contributed by atoms with Crippen LogP contribution in [0.1, 0.15) is 38.5 Å². The van der Waals surface area contributed by atoms with E-state index >= 15 is 0 Å². The Morgan fingerprint density at radius 2 is 1.88 bits per heavy atom. The van der Waals surface area contributed by atoms with Gasteiger partial charge in [0.05, 0.1) is 30.8 Å². The summed E-state index contributed by atoms with van der Waals surface area (Å²) in [6.07, 6.45) is 4.52. The number of carbonyl (C=O) groups excluding carboxylic acids is 1. The van der Waals surface area contributed by atoms with E-state index in [-0.39, 0.29) is 48.7 Å². The Kier molecular flexibility index (Phi) is 5.48. The quantitative estimate of drug-likeness (QED) is 0.678. The third-order valence-corrected chi connectivity index (χ3v) is 7.41. The molecule has 3 rings (SSSR count). The molecule has 2 N–H and O–H groups in total. The molecular weight excluding hydrogens is 332 g/mol. The lowest BCUT2D eigenvalue weighted by atomic mass is 10.1. The summed E-state index contributed by atoms with van der Waals surface area (Å²) in [5.74, 6) is 0.175. The fourth-order valence-electron chi connectivity index (χ4n) is 4.48. The third-order valence-electron chi connectivity index (χ3n) is 5.66. The molecule has 3 fully saturated rings. The lowest BCUT2D eigenvalue weighted by molar-refractivity contribution is -0.137. The normalized spacial score (nSPS) is 34.0. The van der Waals surface area contributed by atoms with Gasteiger partial charge in [-0.2, -0.15) is 0 Å². The van der Waals surface area contributed by atoms with Gasteiger partial charge in [0.2, 0.25) is 5.91 Å². The van der Waals surface area contributed by atoms with Gasteiger partial charge < -0.3 is 15.1 Å². The van der Waals surface area contributed by atoms with Crippen LogP contribution in [0.2, 0.25) is 0 Å². The number of sulfone groups is 1. The van der Waals surface area contributed by atoms with E-state index in [1.165, 1.54) is 0 Å². The number of hydrogen-bond acceptors (Lipinski definition) is 6. The van der Waals surface area contributed by atoms with Crippen molar-refractivity contribution in [2.75, 3.05) is 31.2 Å². The molecule has 0 unspecified atom stereocenters. The van der Waals surface area contributed by atoms with Crippen molar-refractivity contribution in [3.05, 3.63) is 0 Å². The fraction of sp³-hybridized carbons (Fsp3) is 0.938. The highest BCUT2D eigenvalue weighted by Gasteiger charge is 2.40. The molecule has 0 radical (unpaired) electrons. The molecule has 0 bridgehead atoms. The molecular formula is C16H28N2O5S. The largest absolute Gasteiger partial charge is 0.395 e. The molecule has 24 heavy (non-hydrogen) atoms. The van der Waals surface area contributed by atoms with Crippen molar-refractivity contribution in [3.63, 3.8) is 0 Å². The molecule has 138 valence electrons. The van der Waals surface area contributed by atoms with Crippen molar-refractivity contribution in [3.8, 4) is 0 Å². The zero-order valence-electron chi connectivity index (χ0n) is 14.0. The average molecular weight is 360 g/mol. The number of hydrogen-bond donors (Lipinski definition) is 2. The molecule has 0 aromatic heterocycles. The standard InChI is InChI=1S/C16H28N2O5S/c19-10-14-7-15(20)8-17(14)9-16(21)18(12-3-1-2-4-12)13-5-6-24(22,23)11-13/h12-15,19-20H,1-11H2/t13-,14+,15-/m1/s1. The van der Waals surface area contributed by atoms with Crippen molar-refractivity contribution >= 4 is 15.7 Å². The first-order valence-corrected chi connectivity index (χ1v) is 10.8. The topological polar surface area (TPSA) is 98.2 Å². The molecule has 3 atom stereocenters. The summed E-state index contributed by atoms with van der Waals surface area (Å²) in [5.41, 5.74) is 0. The molecule has 1 aliphatic carbocycles. The van der Waals surface area contributed by atoms with Gasteiger partial charge in [-0.05, 0) is 25.7 Å². The second kappa shape index (κ2) is 7.27. The maximum absolute atomic E-state index is 13.0. The van der Waals surface area contributed by atoms with Crippen LogP contribution < -0.4 is 0 Å². The van der Waals surface area contributed by atoms with Gasteiger partial charge in [-0.3, -0.25) is 9.69 Å². The van der Waals surface area contributed by atoms with Crippen LogP contribution >= 0.6 is 0 Å². The van der Waals surface area contributed by atoms with Gasteiger partial charge in [0.25, 0.3) is 0 Å². The molecule has 7 nitrogen and oxygen atoms in total. The van der Waals surface area contributed by atoms with Crippen molar-refractivity contribution in [2.45, 2.75) is 62.8 Å². The molecule has 2 aliphatic heterocycles. The van der Waals surface area contributed by atoms with Gasteiger partial charge in [0, 0.05) is 24.7 Å². The monoisotopic (exact) mass is 360 g/mol. The summed E-state index contributed by atoms with van der Waals surface area (Å²) in [7, 11) is -3.04. The number of rotatable bonds is 5. The first-order chi connectivity index (χ1) is 11.4. The van der Waals surface area contributed by atoms with E-state index in [0.29, 0.717) is 19.4 Å². The van der Waals surface area contributed by atoms with Crippen molar-refractivity contribution < 1.29 is 23.4 Å². The smallest absolute Gasteiger partial charge is 0.237 e. The van der Waals surface area contributed by atoms with Gasteiger partial charge >= 0.3 is 0 Å². The minimum absolute atomic E-state index is 0.0587. The van der Waals surface area contributed by atoms with E-state index < -0.39 is 15.9 Å². The predicted molar refractivity (Wildman–Crippen MR) is 89.2 cm³/mol. The summed E-state index contributed by atoms with van der Waals surface area (Å²) in [6, 6.07) is -0.275. The summed E-state index contributed by atoms with van der Waals surface area (Å²) in [5, 5.41) is 19.2. The van der Waals surface area contributed by atoms with Crippen molar-refractivity contribution in [1.82, 2.24) is 9.80 Å². The summed E-state index contributed by atoms with van der Waals surface area (Å²) < 4.78 is 23.7. The maximum atomic E-state index is 13.0. The lowest BCUT2D eigenvalue weighted by Crippen LogP contribution is -2.51. The van der Waals surface area contributed by atoms with E-state index in [4.69, 9.17) is 0 Å². The third kappa shape index (κ3) is 3.92. The zero-order chi connectivity index (χ0) is 17.3. The highest BCUT2D eigenvalue weighted by molar-refractivity contribution is 7.91. The lowest BCUT2D eigenvalue weighted by Gasteiger charge is -2.36. The van der Waals surface area contributed by atoms with Crippen LogP contribution in [0.15, 0.2) is 0 Å². The van der Waals surface area contributed by atoms with Crippen LogP contribution in [0.4, 0.5) is 0 Å². The van der Waals surface area contributed by atoms with Crippen LogP contribution in [0, 0.1) is 0 Å². The second-order valence-electron chi connectivity index (χ2n) is 7.45. The van der Waals surface area contributed by atoms with Gasteiger partial charge in [-0.1, -0.05) is 12.8 Å².